The van der Waals surface area contributed by atoms with E-state index in [1.165, 1.54) is 32.1 Å². The predicted octanol–water partition coefficient (Wildman–Crippen LogP) is 17.3. The van der Waals surface area contributed by atoms with E-state index in [9.17, 15) is 0 Å². The molecule has 0 saturated carbocycles. The average Bonchev–Trinajstić information content (AvgIpc) is 3.99. The number of nitriles is 1. The van der Waals surface area contributed by atoms with E-state index in [1.807, 2.05) is 36.4 Å². The zero-order chi connectivity index (χ0) is 53.9. The molecular weight excluding hydrogens is 959 g/mol. The van der Waals surface area contributed by atoms with Crippen molar-refractivity contribution in [2.75, 3.05) is 46.2 Å². The molecule has 10 nitrogen and oxygen atoms in total. The smallest absolute Gasteiger partial charge is 0.243 e. The van der Waals surface area contributed by atoms with Crippen molar-refractivity contribution in [3.8, 4) is 57.4 Å². The molecule has 0 spiro atoms. The molecular formula is C67H88N3O7+. The minimum atomic E-state index is 0.602. The highest BCUT2D eigenvalue weighted by molar-refractivity contribution is 6.26. The number of benzene rings is 6. The zero-order valence-corrected chi connectivity index (χ0v) is 47.3. The second-order valence-electron chi connectivity index (χ2n) is 20.5. The third-order valence-electron chi connectivity index (χ3n) is 14.2. The van der Waals surface area contributed by atoms with Crippen molar-refractivity contribution in [1.82, 2.24) is 4.57 Å². The Kier molecular flexibility index (Phi) is 24.3. The second kappa shape index (κ2) is 32.2. The number of aryl methyl sites for hydroxylation is 2. The lowest BCUT2D eigenvalue weighted by molar-refractivity contribution is -0.696. The summed E-state index contributed by atoms with van der Waals surface area (Å²) in [4.78, 5) is 0. The highest BCUT2D eigenvalue weighted by atomic mass is 16.5. The molecule has 0 unspecified atom stereocenters. The molecule has 0 atom stereocenters. The molecule has 1 heterocycles. The summed E-state index contributed by atoms with van der Waals surface area (Å²) in [5.41, 5.74) is 2.90. The van der Waals surface area contributed by atoms with E-state index < -0.39 is 0 Å². The summed E-state index contributed by atoms with van der Waals surface area (Å²) >= 11 is 0. The number of unbranched alkanes of at least 4 members (excludes halogenated alkanes) is 12. The van der Waals surface area contributed by atoms with Crippen LogP contribution in [0.5, 0.6) is 40.2 Å². The van der Waals surface area contributed by atoms with Gasteiger partial charge < -0.3 is 33.2 Å². The fourth-order valence-corrected chi connectivity index (χ4v) is 9.56. The van der Waals surface area contributed by atoms with Gasteiger partial charge in [-0.25, -0.2) is 9.13 Å². The van der Waals surface area contributed by atoms with E-state index in [1.54, 1.807) is 0 Å². The molecule has 412 valence electrons. The number of ether oxygens (including phenoxy) is 7. The summed E-state index contributed by atoms with van der Waals surface area (Å²) in [6.45, 7) is 17.5. The van der Waals surface area contributed by atoms with Gasteiger partial charge in [0.1, 0.15) is 18.1 Å². The second-order valence-corrected chi connectivity index (χ2v) is 20.5. The van der Waals surface area contributed by atoms with E-state index in [4.69, 9.17) is 38.4 Å². The molecule has 7 aromatic rings. The summed E-state index contributed by atoms with van der Waals surface area (Å²) in [6, 6.07) is 31.2. The minimum Gasteiger partial charge on any atom is -0.494 e. The van der Waals surface area contributed by atoms with Crippen LogP contribution in [0.4, 0.5) is 0 Å². The Bertz CT molecular complexity index is 2840. The monoisotopic (exact) mass is 1050 g/mol. The predicted molar refractivity (Wildman–Crippen MR) is 315 cm³/mol. The Morgan fingerprint density at radius 1 is 0.390 bits per heavy atom. The van der Waals surface area contributed by atoms with E-state index in [0.717, 1.165) is 193 Å². The molecule has 7 rings (SSSR count). The molecule has 0 saturated heterocycles. The normalized spacial score (nSPS) is 11.3. The fourth-order valence-electron chi connectivity index (χ4n) is 9.56. The van der Waals surface area contributed by atoms with Gasteiger partial charge in [0, 0.05) is 0 Å². The summed E-state index contributed by atoms with van der Waals surface area (Å²) in [7, 11) is 0. The van der Waals surface area contributed by atoms with E-state index in [2.05, 4.69) is 117 Å². The summed E-state index contributed by atoms with van der Waals surface area (Å²) in [5, 5.41) is 15.5. The molecule has 77 heavy (non-hydrogen) atoms. The lowest BCUT2D eigenvalue weighted by Crippen LogP contribution is -2.30. The number of fused-ring (bicyclic) bond motifs is 6. The van der Waals surface area contributed by atoms with Crippen molar-refractivity contribution >= 4 is 32.3 Å². The maximum atomic E-state index is 9.06. The molecule has 0 radical (unpaired) electrons. The molecule has 0 aliphatic rings. The van der Waals surface area contributed by atoms with Crippen LogP contribution in [0, 0.1) is 11.3 Å². The van der Waals surface area contributed by atoms with Gasteiger partial charge in [0.05, 0.1) is 71.0 Å². The number of nitrogens with zero attached hydrogens (tertiary/aromatic N) is 3. The SMILES string of the molecule is CCCCOc1cc2c3cc(OCCCC)c(OCCCC)cc3c3cc(OCCCCC[n+]4ccn(CCCCCCCCOc5ccc(-c6ccc(C#N)cc6)cc5)c4)c(OCCCC)cc3c2cc1OCCCC. The Morgan fingerprint density at radius 2 is 0.727 bits per heavy atom. The van der Waals surface area contributed by atoms with Gasteiger partial charge in [0.2, 0.25) is 6.33 Å². The number of rotatable bonds is 38. The Balaban J connectivity index is 0.951. The van der Waals surface area contributed by atoms with Gasteiger partial charge in [-0.3, -0.25) is 0 Å². The van der Waals surface area contributed by atoms with Gasteiger partial charge in [0.25, 0.3) is 0 Å². The van der Waals surface area contributed by atoms with Crippen LogP contribution in [0.2, 0.25) is 0 Å². The number of imidazole rings is 1. The first-order chi connectivity index (χ1) is 38.0. The Labute approximate surface area is 460 Å². The number of aromatic nitrogens is 2. The van der Waals surface area contributed by atoms with Crippen LogP contribution in [0.3, 0.4) is 0 Å². The molecule has 0 fully saturated rings. The molecule has 10 heteroatoms. The average molecular weight is 1050 g/mol. The molecule has 0 bridgehead atoms. The molecule has 6 aromatic carbocycles. The lowest BCUT2D eigenvalue weighted by atomic mass is 9.93. The van der Waals surface area contributed by atoms with E-state index in [-0.39, 0.29) is 0 Å². The van der Waals surface area contributed by atoms with Crippen LogP contribution in [0.15, 0.2) is 104 Å². The van der Waals surface area contributed by atoms with Crippen molar-refractivity contribution in [3.63, 3.8) is 0 Å². The first kappa shape index (κ1) is 58.1. The van der Waals surface area contributed by atoms with E-state index >= 15 is 0 Å². The maximum absolute atomic E-state index is 9.06. The lowest BCUT2D eigenvalue weighted by Gasteiger charge is -2.20. The van der Waals surface area contributed by atoms with Crippen LogP contribution in [0.25, 0.3) is 43.4 Å². The standard InChI is InChI=1S/C67H88N3O7/c1-6-11-37-72-62-44-56-57-45-63(73-38-12-7-2)65(75-40-14-9-4)47-59(57)61-49-67(66(76-41-15-10-5)48-60(61)58(56)46-64(62)74-39-13-8-3)77-43-24-20-22-34-70-36-35-69(51-70)33-21-18-16-17-19-23-42-71-55-31-29-54(30-32-55)53-27-25-52(50-68)26-28-53/h25-32,35-36,44-49,51H,6-24,33-34,37-43H2,1-5H3/q+1. The van der Waals surface area contributed by atoms with Crippen molar-refractivity contribution < 1.29 is 37.7 Å². The van der Waals surface area contributed by atoms with Crippen LogP contribution >= 0.6 is 0 Å². The minimum absolute atomic E-state index is 0.602. The molecule has 0 aliphatic heterocycles. The maximum Gasteiger partial charge on any atom is 0.243 e. The first-order valence-corrected chi connectivity index (χ1v) is 29.6. The van der Waals surface area contributed by atoms with Gasteiger partial charge in [-0.15, -0.1) is 0 Å². The van der Waals surface area contributed by atoms with Gasteiger partial charge in [-0.2, -0.15) is 5.26 Å². The van der Waals surface area contributed by atoms with Crippen molar-refractivity contribution in [2.45, 2.75) is 170 Å². The molecule has 0 aliphatic carbocycles. The fraction of sp³-hybridized carbons (Fsp3) is 0.493. The molecule has 0 N–H and O–H groups in total. The summed E-state index contributed by atoms with van der Waals surface area (Å²) < 4.78 is 50.1. The highest BCUT2D eigenvalue weighted by Gasteiger charge is 2.21. The highest BCUT2D eigenvalue weighted by Crippen LogP contribution is 2.47. The summed E-state index contributed by atoms with van der Waals surface area (Å²) in [6.07, 6.45) is 27.0. The van der Waals surface area contributed by atoms with Crippen LogP contribution in [-0.4, -0.2) is 50.8 Å². The number of hydrogen-bond donors (Lipinski definition) is 0. The van der Waals surface area contributed by atoms with Crippen LogP contribution in [0.1, 0.15) is 162 Å². The molecule has 1 aromatic heterocycles. The summed E-state index contributed by atoms with van der Waals surface area (Å²) in [5.74, 6) is 5.52. The van der Waals surface area contributed by atoms with Gasteiger partial charge in [0.15, 0.2) is 34.5 Å². The zero-order valence-electron chi connectivity index (χ0n) is 47.3. The third-order valence-corrected chi connectivity index (χ3v) is 14.2. The van der Waals surface area contributed by atoms with Gasteiger partial charge in [-0.05, 0) is 175 Å². The third kappa shape index (κ3) is 17.5. The Morgan fingerprint density at radius 3 is 1.12 bits per heavy atom. The van der Waals surface area contributed by atoms with E-state index in [0.29, 0.717) is 45.2 Å². The number of hydrogen-bond acceptors (Lipinski definition) is 8. The van der Waals surface area contributed by atoms with Gasteiger partial charge in [-0.1, -0.05) is 110 Å². The quantitative estimate of drug-likeness (QED) is 0.0215. The van der Waals surface area contributed by atoms with Crippen molar-refractivity contribution in [2.24, 2.45) is 0 Å². The van der Waals surface area contributed by atoms with Crippen molar-refractivity contribution in [3.05, 3.63) is 109 Å². The van der Waals surface area contributed by atoms with Crippen LogP contribution in [-0.2, 0) is 13.1 Å². The van der Waals surface area contributed by atoms with Crippen molar-refractivity contribution in [1.29, 1.82) is 5.26 Å². The first-order valence-electron chi connectivity index (χ1n) is 29.6. The largest absolute Gasteiger partial charge is 0.494 e. The Hall–Kier alpha value is -6.60. The van der Waals surface area contributed by atoms with Crippen LogP contribution < -0.4 is 37.7 Å². The molecule has 0 amide bonds. The van der Waals surface area contributed by atoms with Gasteiger partial charge >= 0.3 is 0 Å². The topological polar surface area (TPSA) is 97.2 Å².